The number of carbonyl (C=O) groups is 1. The van der Waals surface area contributed by atoms with Crippen molar-refractivity contribution in [3.8, 4) is 11.3 Å². The highest BCUT2D eigenvalue weighted by Crippen LogP contribution is 2.22. The summed E-state index contributed by atoms with van der Waals surface area (Å²) in [6.07, 6.45) is 1.25. The number of ketones is 1. The molecule has 2 rings (SSSR count). The summed E-state index contributed by atoms with van der Waals surface area (Å²) in [4.78, 5) is 11.3. The summed E-state index contributed by atoms with van der Waals surface area (Å²) in [7, 11) is 0. The van der Waals surface area contributed by atoms with E-state index in [1.807, 2.05) is 31.2 Å². The van der Waals surface area contributed by atoms with Gasteiger partial charge < -0.3 is 4.42 Å². The lowest BCUT2D eigenvalue weighted by Gasteiger charge is -1.97. The Morgan fingerprint density at radius 1 is 1.19 bits per heavy atom. The SMILES string of the molecule is C=CC(=O)c1ccc(-c2ccc(C)cc2)o1. The van der Waals surface area contributed by atoms with Gasteiger partial charge >= 0.3 is 0 Å². The van der Waals surface area contributed by atoms with Crippen LogP contribution in [-0.4, -0.2) is 5.78 Å². The van der Waals surface area contributed by atoms with Crippen molar-refractivity contribution >= 4 is 5.78 Å². The monoisotopic (exact) mass is 212 g/mol. The van der Waals surface area contributed by atoms with E-state index in [4.69, 9.17) is 4.42 Å². The topological polar surface area (TPSA) is 30.2 Å². The maximum atomic E-state index is 11.3. The molecule has 2 heteroatoms. The highest BCUT2D eigenvalue weighted by Gasteiger charge is 2.08. The van der Waals surface area contributed by atoms with E-state index >= 15 is 0 Å². The molecular formula is C14H12O2. The second-order valence-electron chi connectivity index (χ2n) is 3.60. The molecule has 1 aromatic heterocycles. The fourth-order valence-electron chi connectivity index (χ4n) is 1.44. The average Bonchev–Trinajstić information content (AvgIpc) is 2.78. The molecule has 0 aliphatic rings. The zero-order valence-electron chi connectivity index (χ0n) is 9.07. The summed E-state index contributed by atoms with van der Waals surface area (Å²) in [5, 5.41) is 0. The van der Waals surface area contributed by atoms with Crippen molar-refractivity contribution in [1.82, 2.24) is 0 Å². The standard InChI is InChI=1S/C14H12O2/c1-3-12(15)14-9-8-13(16-14)11-6-4-10(2)5-7-11/h3-9H,1H2,2H3. The van der Waals surface area contributed by atoms with Gasteiger partial charge in [0, 0.05) is 5.56 Å². The number of furan rings is 1. The van der Waals surface area contributed by atoms with Crippen LogP contribution in [0.4, 0.5) is 0 Å². The number of carbonyl (C=O) groups excluding carboxylic acids is 1. The molecule has 16 heavy (non-hydrogen) atoms. The van der Waals surface area contributed by atoms with Crippen molar-refractivity contribution in [3.05, 3.63) is 60.4 Å². The lowest BCUT2D eigenvalue weighted by molar-refractivity contribution is 0.102. The van der Waals surface area contributed by atoms with Crippen LogP contribution in [0.5, 0.6) is 0 Å². The third-order valence-corrected chi connectivity index (χ3v) is 2.37. The molecule has 0 fully saturated rings. The van der Waals surface area contributed by atoms with Gasteiger partial charge in [0.1, 0.15) is 5.76 Å². The minimum atomic E-state index is -0.196. The second-order valence-corrected chi connectivity index (χ2v) is 3.60. The first kappa shape index (κ1) is 10.4. The molecule has 0 bridgehead atoms. The molecule has 0 aliphatic carbocycles. The van der Waals surface area contributed by atoms with Gasteiger partial charge in [-0.3, -0.25) is 4.79 Å². The minimum Gasteiger partial charge on any atom is -0.453 e. The molecule has 1 aromatic carbocycles. The van der Waals surface area contributed by atoms with Gasteiger partial charge in [0.25, 0.3) is 0 Å². The fraction of sp³-hybridized carbons (Fsp3) is 0.0714. The zero-order chi connectivity index (χ0) is 11.5. The van der Waals surface area contributed by atoms with Crippen LogP contribution in [0.3, 0.4) is 0 Å². The largest absolute Gasteiger partial charge is 0.453 e. The zero-order valence-corrected chi connectivity index (χ0v) is 9.07. The highest BCUT2D eigenvalue weighted by atomic mass is 16.3. The van der Waals surface area contributed by atoms with Gasteiger partial charge in [0.2, 0.25) is 5.78 Å². The molecule has 0 N–H and O–H groups in total. The molecule has 0 saturated carbocycles. The minimum absolute atomic E-state index is 0.196. The quantitative estimate of drug-likeness (QED) is 0.574. The summed E-state index contributed by atoms with van der Waals surface area (Å²) in [5.74, 6) is 0.828. The van der Waals surface area contributed by atoms with Crippen LogP contribution in [0.2, 0.25) is 0 Å². The van der Waals surface area contributed by atoms with Crippen LogP contribution in [0.1, 0.15) is 16.1 Å². The molecule has 0 atom stereocenters. The Morgan fingerprint density at radius 3 is 2.50 bits per heavy atom. The van der Waals surface area contributed by atoms with Crippen LogP contribution in [0, 0.1) is 6.92 Å². The number of aryl methyl sites for hydroxylation is 1. The first-order chi connectivity index (χ1) is 7.70. The van der Waals surface area contributed by atoms with Gasteiger partial charge in [-0.2, -0.15) is 0 Å². The summed E-state index contributed by atoms with van der Waals surface area (Å²) in [5.41, 5.74) is 2.16. The van der Waals surface area contributed by atoms with Crippen molar-refractivity contribution in [1.29, 1.82) is 0 Å². The first-order valence-electron chi connectivity index (χ1n) is 5.04. The fourth-order valence-corrected chi connectivity index (χ4v) is 1.44. The molecule has 0 saturated heterocycles. The summed E-state index contributed by atoms with van der Waals surface area (Å²) in [6, 6.07) is 11.4. The molecule has 80 valence electrons. The Morgan fingerprint density at radius 2 is 1.88 bits per heavy atom. The molecule has 0 spiro atoms. The van der Waals surface area contributed by atoms with Crippen LogP contribution in [0.25, 0.3) is 11.3 Å². The van der Waals surface area contributed by atoms with Crippen molar-refractivity contribution in [2.75, 3.05) is 0 Å². The van der Waals surface area contributed by atoms with Crippen molar-refractivity contribution in [2.45, 2.75) is 6.92 Å². The lowest BCUT2D eigenvalue weighted by Crippen LogP contribution is -1.88. The Hall–Kier alpha value is -2.09. The number of rotatable bonds is 3. The van der Waals surface area contributed by atoms with Crippen molar-refractivity contribution < 1.29 is 9.21 Å². The third kappa shape index (κ3) is 1.96. The van der Waals surface area contributed by atoms with Gasteiger partial charge in [-0.15, -0.1) is 0 Å². The van der Waals surface area contributed by atoms with Gasteiger partial charge in [-0.25, -0.2) is 0 Å². The number of allylic oxidation sites excluding steroid dienone is 1. The third-order valence-electron chi connectivity index (χ3n) is 2.37. The average molecular weight is 212 g/mol. The van der Waals surface area contributed by atoms with E-state index in [0.29, 0.717) is 11.5 Å². The van der Waals surface area contributed by atoms with Crippen molar-refractivity contribution in [3.63, 3.8) is 0 Å². The normalized spacial score (nSPS) is 10.1. The van der Waals surface area contributed by atoms with E-state index in [0.717, 1.165) is 5.56 Å². The van der Waals surface area contributed by atoms with Crippen LogP contribution in [0.15, 0.2) is 53.5 Å². The van der Waals surface area contributed by atoms with E-state index in [-0.39, 0.29) is 5.78 Å². The van der Waals surface area contributed by atoms with E-state index in [2.05, 4.69) is 6.58 Å². The van der Waals surface area contributed by atoms with Gasteiger partial charge in [0.05, 0.1) is 0 Å². The Kier molecular flexibility index (Phi) is 2.73. The molecule has 0 radical (unpaired) electrons. The maximum absolute atomic E-state index is 11.3. The van der Waals surface area contributed by atoms with E-state index in [1.165, 1.54) is 11.6 Å². The Bertz CT molecular complexity index is 518. The second kappa shape index (κ2) is 4.19. The highest BCUT2D eigenvalue weighted by molar-refractivity contribution is 6.02. The van der Waals surface area contributed by atoms with E-state index in [1.54, 1.807) is 12.1 Å². The predicted molar refractivity (Wildman–Crippen MR) is 63.4 cm³/mol. The molecule has 2 nitrogen and oxygen atoms in total. The lowest BCUT2D eigenvalue weighted by atomic mass is 10.1. The number of benzene rings is 1. The molecule has 0 aliphatic heterocycles. The molecule has 1 heterocycles. The number of hydrogen-bond acceptors (Lipinski definition) is 2. The predicted octanol–water partition coefficient (Wildman–Crippen LogP) is 3.62. The van der Waals surface area contributed by atoms with Gasteiger partial charge in [-0.05, 0) is 25.1 Å². The molecule has 0 unspecified atom stereocenters. The summed E-state index contributed by atoms with van der Waals surface area (Å²) in [6.45, 7) is 5.45. The molecule has 0 amide bonds. The molecule has 2 aromatic rings. The van der Waals surface area contributed by atoms with Gasteiger partial charge in [-0.1, -0.05) is 36.4 Å². The summed E-state index contributed by atoms with van der Waals surface area (Å²) >= 11 is 0. The van der Waals surface area contributed by atoms with Crippen LogP contribution in [-0.2, 0) is 0 Å². The summed E-state index contributed by atoms with van der Waals surface area (Å²) < 4.78 is 5.44. The van der Waals surface area contributed by atoms with Crippen LogP contribution < -0.4 is 0 Å². The maximum Gasteiger partial charge on any atom is 0.220 e. The Balaban J connectivity index is 2.35. The smallest absolute Gasteiger partial charge is 0.220 e. The first-order valence-corrected chi connectivity index (χ1v) is 5.04. The molecular weight excluding hydrogens is 200 g/mol. The Labute approximate surface area is 94.2 Å². The van der Waals surface area contributed by atoms with E-state index in [9.17, 15) is 4.79 Å². The van der Waals surface area contributed by atoms with Crippen LogP contribution >= 0.6 is 0 Å². The number of hydrogen-bond donors (Lipinski definition) is 0. The van der Waals surface area contributed by atoms with Crippen molar-refractivity contribution in [2.24, 2.45) is 0 Å². The van der Waals surface area contributed by atoms with E-state index < -0.39 is 0 Å². The van der Waals surface area contributed by atoms with Gasteiger partial charge in [0.15, 0.2) is 5.76 Å².